The molecule has 0 aliphatic carbocycles. The average molecular weight is 499 g/mol. The van der Waals surface area contributed by atoms with Crippen LogP contribution in [0.4, 0.5) is 0 Å². The number of carboxylic acid groups (broad SMARTS) is 1. The Bertz CT molecular complexity index is 885. The van der Waals surface area contributed by atoms with Crippen LogP contribution in [0.5, 0.6) is 0 Å². The van der Waals surface area contributed by atoms with Crippen LogP contribution in [0.3, 0.4) is 0 Å². The minimum atomic E-state index is -2.40. The fraction of sp³-hybridized carbons (Fsp3) is 0.565. The lowest BCUT2D eigenvalue weighted by molar-refractivity contribution is -0.136. The molecule has 2 rings (SSSR count). The molecule has 9 heteroatoms. The highest BCUT2D eigenvalue weighted by Gasteiger charge is 2.34. The van der Waals surface area contributed by atoms with Crippen LogP contribution in [-0.2, 0) is 26.5 Å². The van der Waals surface area contributed by atoms with Crippen LogP contribution in [0.2, 0.25) is 18.1 Å². The standard InChI is InChI=1S/C23H35ClN2O4SSi/c1-16(12-21-26-14-19(31-21)10-11-22(27)28)25-15-20(17-8-7-9-18(24)13-17)29-32(5,6)30-23(2,3)4/h7-9,13-14,16,20,25H,10-12,15H2,1-6H3,(H,27,28)/t16-,20?/m1/s1. The number of aliphatic carboxylic acids is 1. The van der Waals surface area contributed by atoms with Gasteiger partial charge < -0.3 is 19.3 Å². The lowest BCUT2D eigenvalue weighted by Gasteiger charge is -2.35. The van der Waals surface area contributed by atoms with E-state index in [-0.39, 0.29) is 24.2 Å². The van der Waals surface area contributed by atoms with Crippen molar-refractivity contribution < 1.29 is 18.8 Å². The van der Waals surface area contributed by atoms with E-state index in [9.17, 15) is 4.79 Å². The number of hydrogen-bond donors (Lipinski definition) is 2. The third kappa shape index (κ3) is 10.1. The molecule has 6 nitrogen and oxygen atoms in total. The van der Waals surface area contributed by atoms with Crippen molar-refractivity contribution in [2.45, 2.75) is 77.8 Å². The highest BCUT2D eigenvalue weighted by atomic mass is 35.5. The first kappa shape index (κ1) is 27.0. The SMILES string of the molecule is C[C@H](Cc1ncc(CCC(=O)O)s1)NCC(O[Si](C)(C)OC(C)(C)C)c1cccc(Cl)c1. The fourth-order valence-corrected chi connectivity index (χ4v) is 7.15. The summed E-state index contributed by atoms with van der Waals surface area (Å²) in [4.78, 5) is 16.2. The molecule has 0 saturated carbocycles. The molecule has 1 aromatic heterocycles. The van der Waals surface area contributed by atoms with Crippen molar-refractivity contribution >= 4 is 37.5 Å². The topological polar surface area (TPSA) is 80.7 Å². The van der Waals surface area contributed by atoms with E-state index in [1.165, 1.54) is 0 Å². The van der Waals surface area contributed by atoms with Gasteiger partial charge in [-0.3, -0.25) is 4.79 Å². The summed E-state index contributed by atoms with van der Waals surface area (Å²) >= 11 is 7.82. The molecule has 0 radical (unpaired) electrons. The first-order valence-corrected chi connectivity index (χ1v) is 14.9. The summed E-state index contributed by atoms with van der Waals surface area (Å²) in [6, 6.07) is 7.93. The molecule has 2 N–H and O–H groups in total. The third-order valence-electron chi connectivity index (χ3n) is 4.52. The second-order valence-electron chi connectivity index (χ2n) is 9.40. The Morgan fingerprint density at radius 1 is 1.34 bits per heavy atom. The summed E-state index contributed by atoms with van der Waals surface area (Å²) in [7, 11) is -2.40. The van der Waals surface area contributed by atoms with E-state index in [0.717, 1.165) is 21.9 Å². The van der Waals surface area contributed by atoms with Crippen LogP contribution >= 0.6 is 22.9 Å². The normalized spacial score (nSPS) is 14.3. The Balaban J connectivity index is 2.02. The average Bonchev–Trinajstić information content (AvgIpc) is 3.08. The molecule has 0 spiro atoms. The molecule has 32 heavy (non-hydrogen) atoms. The Morgan fingerprint density at radius 3 is 2.69 bits per heavy atom. The Kier molecular flexibility index (Phi) is 9.87. The van der Waals surface area contributed by atoms with E-state index >= 15 is 0 Å². The van der Waals surface area contributed by atoms with Gasteiger partial charge in [0.25, 0.3) is 0 Å². The van der Waals surface area contributed by atoms with E-state index in [1.807, 2.05) is 45.0 Å². The molecule has 1 heterocycles. The van der Waals surface area contributed by atoms with Crippen LogP contribution in [-0.4, -0.2) is 42.8 Å². The van der Waals surface area contributed by atoms with Gasteiger partial charge in [-0.25, -0.2) is 4.98 Å². The van der Waals surface area contributed by atoms with Crippen LogP contribution in [0.25, 0.3) is 0 Å². The van der Waals surface area contributed by atoms with Gasteiger partial charge in [0.05, 0.1) is 23.1 Å². The number of carboxylic acids is 1. The summed E-state index contributed by atoms with van der Waals surface area (Å²) in [5, 5.41) is 14.1. The second-order valence-corrected chi connectivity index (χ2v) is 14.3. The fourth-order valence-electron chi connectivity index (χ4n) is 3.47. The third-order valence-corrected chi connectivity index (χ3v) is 7.79. The van der Waals surface area contributed by atoms with Gasteiger partial charge in [0.2, 0.25) is 0 Å². The number of rotatable bonds is 12. The summed E-state index contributed by atoms with van der Waals surface area (Å²) in [5.41, 5.74) is 0.735. The van der Waals surface area contributed by atoms with Gasteiger partial charge in [-0.1, -0.05) is 23.7 Å². The molecular weight excluding hydrogens is 464 g/mol. The van der Waals surface area contributed by atoms with Gasteiger partial charge in [-0.2, -0.15) is 0 Å². The van der Waals surface area contributed by atoms with Gasteiger partial charge in [-0.15, -0.1) is 11.3 Å². The second kappa shape index (κ2) is 11.7. The van der Waals surface area contributed by atoms with E-state index in [2.05, 4.69) is 30.3 Å². The summed E-state index contributed by atoms with van der Waals surface area (Å²) in [5.74, 6) is -0.788. The van der Waals surface area contributed by atoms with Gasteiger partial charge in [-0.05, 0) is 64.9 Å². The van der Waals surface area contributed by atoms with E-state index < -0.39 is 14.5 Å². The maximum absolute atomic E-state index is 10.8. The van der Waals surface area contributed by atoms with E-state index in [1.54, 1.807) is 17.5 Å². The lowest BCUT2D eigenvalue weighted by atomic mass is 10.1. The first-order chi connectivity index (χ1) is 14.8. The zero-order chi connectivity index (χ0) is 23.9. The van der Waals surface area contributed by atoms with Crippen molar-refractivity contribution in [3.05, 3.63) is 50.9 Å². The quantitative estimate of drug-likeness (QED) is 0.370. The van der Waals surface area contributed by atoms with Crippen molar-refractivity contribution in [3.8, 4) is 0 Å². The Hall–Kier alpha value is -1.29. The molecular formula is C23H35ClN2O4SSi. The highest BCUT2D eigenvalue weighted by molar-refractivity contribution is 7.11. The molecule has 1 aromatic carbocycles. The Labute approximate surface area is 201 Å². The van der Waals surface area contributed by atoms with Gasteiger partial charge in [0.15, 0.2) is 0 Å². The van der Waals surface area contributed by atoms with Crippen molar-refractivity contribution in [1.29, 1.82) is 0 Å². The predicted octanol–water partition coefficient (Wildman–Crippen LogP) is 5.61. The highest BCUT2D eigenvalue weighted by Crippen LogP contribution is 2.27. The molecule has 178 valence electrons. The zero-order valence-electron chi connectivity index (χ0n) is 19.8. The van der Waals surface area contributed by atoms with Crippen molar-refractivity contribution in [2.24, 2.45) is 0 Å². The van der Waals surface area contributed by atoms with Crippen LogP contribution < -0.4 is 5.32 Å². The molecule has 1 unspecified atom stereocenters. The number of nitrogens with zero attached hydrogens (tertiary/aromatic N) is 1. The molecule has 2 aromatic rings. The zero-order valence-corrected chi connectivity index (χ0v) is 22.3. The van der Waals surface area contributed by atoms with Crippen LogP contribution in [0, 0.1) is 0 Å². The molecule has 2 atom stereocenters. The number of benzene rings is 1. The molecule has 0 bridgehead atoms. The molecule has 0 aliphatic rings. The van der Waals surface area contributed by atoms with Gasteiger partial charge in [0, 0.05) is 35.1 Å². The minimum Gasteiger partial charge on any atom is -0.481 e. The van der Waals surface area contributed by atoms with Crippen LogP contribution in [0.1, 0.15) is 55.7 Å². The number of hydrogen-bond acceptors (Lipinski definition) is 6. The Morgan fingerprint density at radius 2 is 2.06 bits per heavy atom. The van der Waals surface area contributed by atoms with Crippen molar-refractivity contribution in [2.75, 3.05) is 6.54 Å². The van der Waals surface area contributed by atoms with Crippen LogP contribution in [0.15, 0.2) is 30.5 Å². The number of carbonyl (C=O) groups is 1. The minimum absolute atomic E-state index is 0.129. The smallest absolute Gasteiger partial charge is 0.332 e. The number of aromatic nitrogens is 1. The maximum Gasteiger partial charge on any atom is 0.332 e. The predicted molar refractivity (Wildman–Crippen MR) is 133 cm³/mol. The van der Waals surface area contributed by atoms with E-state index in [4.69, 9.17) is 25.6 Å². The molecule has 0 fully saturated rings. The number of thiazole rings is 1. The van der Waals surface area contributed by atoms with Gasteiger partial charge in [0.1, 0.15) is 0 Å². The maximum atomic E-state index is 10.8. The number of aryl methyl sites for hydroxylation is 1. The largest absolute Gasteiger partial charge is 0.481 e. The first-order valence-electron chi connectivity index (χ1n) is 10.9. The molecule has 0 saturated heterocycles. The summed E-state index contributed by atoms with van der Waals surface area (Å²) in [6.07, 6.45) is 3.00. The van der Waals surface area contributed by atoms with E-state index in [0.29, 0.717) is 18.0 Å². The summed E-state index contributed by atoms with van der Waals surface area (Å²) < 4.78 is 12.8. The molecule has 0 aliphatic heterocycles. The van der Waals surface area contributed by atoms with Crippen molar-refractivity contribution in [3.63, 3.8) is 0 Å². The lowest BCUT2D eigenvalue weighted by Crippen LogP contribution is -2.45. The summed E-state index contributed by atoms with van der Waals surface area (Å²) in [6.45, 7) is 13.0. The monoisotopic (exact) mass is 498 g/mol. The number of halogens is 1. The molecule has 0 amide bonds. The number of nitrogens with one attached hydrogen (secondary N) is 1. The van der Waals surface area contributed by atoms with Gasteiger partial charge >= 0.3 is 14.5 Å². The van der Waals surface area contributed by atoms with Crippen molar-refractivity contribution in [1.82, 2.24) is 10.3 Å².